The number of para-hydroxylation sites is 1. The van der Waals surface area contributed by atoms with Crippen LogP contribution in [0.3, 0.4) is 0 Å². The summed E-state index contributed by atoms with van der Waals surface area (Å²) in [5, 5.41) is 3.46. The minimum absolute atomic E-state index is 0.693. The molecule has 2 aromatic rings. The van der Waals surface area contributed by atoms with Crippen molar-refractivity contribution in [1.29, 1.82) is 0 Å². The summed E-state index contributed by atoms with van der Waals surface area (Å²) in [5.41, 5.74) is 5.28. The number of guanidine groups is 1. The van der Waals surface area contributed by atoms with E-state index >= 15 is 0 Å². The number of nitrogens with one attached hydrogen (secondary N) is 1. The molecule has 1 N–H and O–H groups in total. The van der Waals surface area contributed by atoms with Crippen LogP contribution in [-0.2, 0) is 24.2 Å². The number of anilines is 1. The molecule has 0 spiro atoms. The van der Waals surface area contributed by atoms with E-state index in [0.717, 1.165) is 58.3 Å². The van der Waals surface area contributed by atoms with Gasteiger partial charge in [0.1, 0.15) is 0 Å². The Balaban J connectivity index is 1.41. The number of morpholine rings is 1. The maximum atomic E-state index is 5.43. The van der Waals surface area contributed by atoms with E-state index in [4.69, 9.17) is 9.73 Å². The third-order valence-corrected chi connectivity index (χ3v) is 5.42. The number of nitrogens with zero attached hydrogens (tertiary/aromatic N) is 3. The van der Waals surface area contributed by atoms with Gasteiger partial charge in [0.25, 0.3) is 0 Å². The van der Waals surface area contributed by atoms with Crippen molar-refractivity contribution in [2.45, 2.75) is 26.4 Å². The molecule has 0 aromatic heterocycles. The first-order valence-electron chi connectivity index (χ1n) is 10.3. The molecule has 1 fully saturated rings. The lowest BCUT2D eigenvalue weighted by Crippen LogP contribution is -2.40. The van der Waals surface area contributed by atoms with Crippen LogP contribution >= 0.6 is 0 Å². The second-order valence-corrected chi connectivity index (χ2v) is 7.41. The third-order valence-electron chi connectivity index (χ3n) is 5.42. The molecule has 2 aromatic carbocycles. The maximum absolute atomic E-state index is 5.43. The van der Waals surface area contributed by atoms with Crippen LogP contribution in [0.2, 0.25) is 0 Å². The predicted molar refractivity (Wildman–Crippen MR) is 115 cm³/mol. The zero-order valence-corrected chi connectivity index (χ0v) is 16.7. The maximum Gasteiger partial charge on any atom is 0.198 e. The van der Waals surface area contributed by atoms with Gasteiger partial charge in [0.05, 0.1) is 19.8 Å². The topological polar surface area (TPSA) is 40.1 Å². The Bertz CT molecular complexity index is 797. The van der Waals surface area contributed by atoms with Crippen LogP contribution in [0.15, 0.2) is 53.5 Å². The van der Waals surface area contributed by atoms with Crippen LogP contribution in [0.5, 0.6) is 0 Å². The molecule has 2 aliphatic heterocycles. The van der Waals surface area contributed by atoms with Crippen LogP contribution in [0, 0.1) is 0 Å². The van der Waals surface area contributed by atoms with Crippen molar-refractivity contribution in [2.75, 3.05) is 44.3 Å². The van der Waals surface area contributed by atoms with Crippen molar-refractivity contribution >= 4 is 11.6 Å². The molecule has 0 bridgehead atoms. The Morgan fingerprint density at radius 2 is 1.75 bits per heavy atom. The zero-order valence-electron chi connectivity index (χ0n) is 16.7. The van der Waals surface area contributed by atoms with E-state index in [1.807, 2.05) is 0 Å². The second kappa shape index (κ2) is 9.22. The summed E-state index contributed by atoms with van der Waals surface area (Å²) >= 11 is 0. The lowest BCUT2D eigenvalue weighted by molar-refractivity contribution is 0.0342. The van der Waals surface area contributed by atoms with Gasteiger partial charge in [-0.3, -0.25) is 4.90 Å². The van der Waals surface area contributed by atoms with Crippen LogP contribution in [0.25, 0.3) is 0 Å². The van der Waals surface area contributed by atoms with Crippen molar-refractivity contribution < 1.29 is 4.74 Å². The SMILES string of the molecule is CCNC(=NCc1ccc(CN2CCOCC2)cc1)N1CCc2ccccc21. The van der Waals surface area contributed by atoms with Gasteiger partial charge < -0.3 is 15.0 Å². The minimum Gasteiger partial charge on any atom is -0.379 e. The largest absolute Gasteiger partial charge is 0.379 e. The van der Waals surface area contributed by atoms with Crippen molar-refractivity contribution in [1.82, 2.24) is 10.2 Å². The predicted octanol–water partition coefficient (Wildman–Crippen LogP) is 3.05. The molecule has 4 rings (SSSR count). The van der Waals surface area contributed by atoms with Crippen molar-refractivity contribution in [2.24, 2.45) is 4.99 Å². The molecule has 5 heteroatoms. The van der Waals surface area contributed by atoms with Crippen LogP contribution in [0.1, 0.15) is 23.6 Å². The number of hydrogen-bond donors (Lipinski definition) is 1. The normalized spacial score (nSPS) is 17.6. The van der Waals surface area contributed by atoms with Crippen molar-refractivity contribution in [3.8, 4) is 0 Å². The van der Waals surface area contributed by atoms with Crippen LogP contribution in [0.4, 0.5) is 5.69 Å². The highest BCUT2D eigenvalue weighted by molar-refractivity contribution is 5.97. The average Bonchev–Trinajstić information content (AvgIpc) is 3.17. The molecule has 0 atom stereocenters. The van der Waals surface area contributed by atoms with Gasteiger partial charge in [0, 0.05) is 38.4 Å². The molecule has 2 heterocycles. The Morgan fingerprint density at radius 1 is 1.00 bits per heavy atom. The molecule has 2 aliphatic rings. The molecule has 28 heavy (non-hydrogen) atoms. The Hall–Kier alpha value is -2.37. The van der Waals surface area contributed by atoms with Gasteiger partial charge in [-0.05, 0) is 36.1 Å². The quantitative estimate of drug-likeness (QED) is 0.641. The van der Waals surface area contributed by atoms with Gasteiger partial charge in [-0.15, -0.1) is 0 Å². The van der Waals surface area contributed by atoms with E-state index in [0.29, 0.717) is 6.54 Å². The molecular formula is C23H30N4O. The van der Waals surface area contributed by atoms with E-state index in [2.05, 4.69) is 70.6 Å². The highest BCUT2D eigenvalue weighted by Gasteiger charge is 2.22. The number of aliphatic imine (C=N–C) groups is 1. The zero-order chi connectivity index (χ0) is 19.2. The number of benzene rings is 2. The molecule has 0 amide bonds. The van der Waals surface area contributed by atoms with Gasteiger partial charge in [-0.2, -0.15) is 0 Å². The van der Waals surface area contributed by atoms with E-state index in [9.17, 15) is 0 Å². The lowest BCUT2D eigenvalue weighted by Gasteiger charge is -2.26. The van der Waals surface area contributed by atoms with E-state index in [1.165, 1.54) is 22.4 Å². The van der Waals surface area contributed by atoms with Gasteiger partial charge in [0.2, 0.25) is 0 Å². The smallest absolute Gasteiger partial charge is 0.198 e. The van der Waals surface area contributed by atoms with Crippen molar-refractivity contribution in [3.63, 3.8) is 0 Å². The molecule has 0 aliphatic carbocycles. The number of rotatable bonds is 5. The minimum atomic E-state index is 0.693. The Kier molecular flexibility index (Phi) is 6.24. The fraction of sp³-hybridized carbons (Fsp3) is 0.435. The fourth-order valence-electron chi connectivity index (χ4n) is 3.89. The molecule has 0 saturated carbocycles. The summed E-state index contributed by atoms with van der Waals surface area (Å²) in [7, 11) is 0. The van der Waals surface area contributed by atoms with Gasteiger partial charge >= 0.3 is 0 Å². The third kappa shape index (κ3) is 4.54. The number of hydrogen-bond acceptors (Lipinski definition) is 3. The van der Waals surface area contributed by atoms with E-state index in [1.54, 1.807) is 0 Å². The second-order valence-electron chi connectivity index (χ2n) is 7.41. The summed E-state index contributed by atoms with van der Waals surface area (Å²) < 4.78 is 5.43. The highest BCUT2D eigenvalue weighted by Crippen LogP contribution is 2.27. The Morgan fingerprint density at radius 3 is 2.54 bits per heavy atom. The summed E-state index contributed by atoms with van der Waals surface area (Å²) in [6, 6.07) is 17.5. The molecule has 148 valence electrons. The first-order valence-corrected chi connectivity index (χ1v) is 10.3. The Labute approximate surface area is 168 Å². The van der Waals surface area contributed by atoms with Crippen LogP contribution < -0.4 is 10.2 Å². The fourth-order valence-corrected chi connectivity index (χ4v) is 3.89. The molecule has 0 unspecified atom stereocenters. The molecular weight excluding hydrogens is 348 g/mol. The first kappa shape index (κ1) is 19.0. The van der Waals surface area contributed by atoms with Gasteiger partial charge in [0.15, 0.2) is 5.96 Å². The molecule has 5 nitrogen and oxygen atoms in total. The van der Waals surface area contributed by atoms with Crippen molar-refractivity contribution in [3.05, 3.63) is 65.2 Å². The molecule has 1 saturated heterocycles. The summed E-state index contributed by atoms with van der Waals surface area (Å²) in [5.74, 6) is 0.977. The number of fused-ring (bicyclic) bond motifs is 1. The monoisotopic (exact) mass is 378 g/mol. The highest BCUT2D eigenvalue weighted by atomic mass is 16.5. The number of ether oxygens (including phenoxy) is 1. The van der Waals surface area contributed by atoms with Gasteiger partial charge in [-0.25, -0.2) is 4.99 Å². The summed E-state index contributed by atoms with van der Waals surface area (Å²) in [4.78, 5) is 9.67. The molecule has 0 radical (unpaired) electrons. The summed E-state index contributed by atoms with van der Waals surface area (Å²) in [6.07, 6.45) is 1.08. The lowest BCUT2D eigenvalue weighted by atomic mass is 10.1. The van der Waals surface area contributed by atoms with E-state index in [-0.39, 0.29) is 0 Å². The average molecular weight is 379 g/mol. The van der Waals surface area contributed by atoms with E-state index < -0.39 is 0 Å². The van der Waals surface area contributed by atoms with Crippen LogP contribution in [-0.4, -0.2) is 50.3 Å². The summed E-state index contributed by atoms with van der Waals surface area (Å²) in [6.45, 7) is 9.42. The standard InChI is InChI=1S/C23H30N4O/c1-2-24-23(27-12-11-21-5-3-4-6-22(21)27)25-17-19-7-9-20(10-8-19)18-26-13-15-28-16-14-26/h3-10H,2,11-18H2,1H3,(H,24,25). The van der Waals surface area contributed by atoms with Gasteiger partial charge in [-0.1, -0.05) is 42.5 Å². The first-order chi connectivity index (χ1) is 13.8.